The number of rotatable bonds is 12. The number of aliphatic hydroxyl groups is 3. The maximum absolute atomic E-state index is 13.3. The maximum atomic E-state index is 13.3. The van der Waals surface area contributed by atoms with Crippen LogP contribution in [0.5, 0.6) is 0 Å². The van der Waals surface area contributed by atoms with E-state index in [9.17, 15) is 29.4 Å². The molecular weight excluding hydrogens is 807 g/mol. The molecule has 5 N–H and O–H groups in total. The first-order valence-electron chi connectivity index (χ1n) is 9.98. The van der Waals surface area contributed by atoms with E-state index in [0.717, 1.165) is 0 Å². The second-order valence-corrected chi connectivity index (χ2v) is 10.5. The number of nitrogens with zero attached hydrogens (tertiary/aromatic N) is 1. The molecule has 12 nitrogen and oxygen atoms in total. The van der Waals surface area contributed by atoms with Crippen LogP contribution in [0.1, 0.15) is 27.6 Å². The Balaban J connectivity index is 3.46. The predicted molar refractivity (Wildman–Crippen MR) is 150 cm³/mol. The summed E-state index contributed by atoms with van der Waals surface area (Å²) in [7, 11) is 2.78. The number of nitrogens with one attached hydrogen (secondary N) is 2. The van der Waals surface area contributed by atoms with Crippen molar-refractivity contribution in [1.29, 1.82) is 0 Å². The zero-order valence-corrected chi connectivity index (χ0v) is 25.5. The van der Waals surface area contributed by atoms with Gasteiger partial charge in [0.25, 0.3) is 11.8 Å². The van der Waals surface area contributed by atoms with Gasteiger partial charge in [-0.25, -0.2) is 0 Å². The number of amides is 3. The minimum absolute atomic E-state index is 0.0819. The average molecular weight is 833 g/mol. The van der Waals surface area contributed by atoms with E-state index < -0.39 is 42.5 Å². The number of carbonyl (C=O) groups excluding carboxylic acids is 4. The highest BCUT2D eigenvalue weighted by atomic mass is 127. The van der Waals surface area contributed by atoms with Crippen molar-refractivity contribution >= 4 is 97.2 Å². The van der Waals surface area contributed by atoms with Gasteiger partial charge in [0.15, 0.2) is 0 Å². The van der Waals surface area contributed by atoms with Crippen LogP contribution < -0.4 is 10.6 Å². The summed E-state index contributed by atoms with van der Waals surface area (Å²) in [5.74, 6) is -2.26. The molecule has 0 spiro atoms. The average Bonchev–Trinajstić information content (AvgIpc) is 2.78. The molecule has 0 heterocycles. The molecule has 0 aromatic heterocycles. The van der Waals surface area contributed by atoms with Crippen molar-refractivity contribution in [2.45, 2.75) is 19.1 Å². The molecule has 0 aliphatic heterocycles. The number of likely N-dealkylation sites (N-methyl/N-ethyl adjacent to an activating group) is 1. The van der Waals surface area contributed by atoms with Gasteiger partial charge in [-0.1, -0.05) is 0 Å². The first-order valence-corrected chi connectivity index (χ1v) is 13.2. The van der Waals surface area contributed by atoms with Gasteiger partial charge in [0.05, 0.1) is 36.7 Å². The Morgan fingerprint density at radius 2 is 1.63 bits per heavy atom. The lowest BCUT2D eigenvalue weighted by Crippen LogP contribution is -2.38. The summed E-state index contributed by atoms with van der Waals surface area (Å²) in [5.41, 5.74) is 0.412. The van der Waals surface area contributed by atoms with E-state index in [-0.39, 0.29) is 46.7 Å². The zero-order valence-electron chi connectivity index (χ0n) is 19.1. The van der Waals surface area contributed by atoms with Crippen LogP contribution in [0.3, 0.4) is 0 Å². The van der Waals surface area contributed by atoms with Crippen LogP contribution in [0.4, 0.5) is 5.69 Å². The molecule has 2 unspecified atom stereocenters. The number of hydrogen-bond donors (Lipinski definition) is 5. The SMILES string of the molecule is COCC(=O)Nc1c(I)c(C(=O)NCC(O)COC(C)=O)c(I)c(C(=O)N(C)CC(O)CO)c1I. The number of esters is 1. The molecule has 0 saturated heterocycles. The number of ether oxygens (including phenoxy) is 2. The smallest absolute Gasteiger partial charge is 0.302 e. The van der Waals surface area contributed by atoms with Crippen LogP contribution in [0, 0.1) is 10.7 Å². The van der Waals surface area contributed by atoms with E-state index in [4.69, 9.17) is 14.6 Å². The molecule has 1 aromatic rings. The van der Waals surface area contributed by atoms with E-state index >= 15 is 0 Å². The van der Waals surface area contributed by atoms with Gasteiger partial charge in [0.1, 0.15) is 19.3 Å². The van der Waals surface area contributed by atoms with Gasteiger partial charge in [-0.05, 0) is 67.8 Å². The summed E-state index contributed by atoms with van der Waals surface area (Å²) in [4.78, 5) is 50.7. The molecule has 0 fully saturated rings. The predicted octanol–water partition coefficient (Wildman–Crippen LogP) is 0.164. The largest absolute Gasteiger partial charge is 0.463 e. The number of carbonyl (C=O) groups is 4. The lowest BCUT2D eigenvalue weighted by atomic mass is 10.1. The Kier molecular flexibility index (Phi) is 14.1. The quantitative estimate of drug-likeness (QED) is 0.145. The fourth-order valence-electron chi connectivity index (χ4n) is 2.69. The van der Waals surface area contributed by atoms with Crippen LogP contribution in [0.2, 0.25) is 0 Å². The van der Waals surface area contributed by atoms with Gasteiger partial charge in [0, 0.05) is 37.7 Å². The molecule has 15 heteroatoms. The van der Waals surface area contributed by atoms with Gasteiger partial charge in [0.2, 0.25) is 5.91 Å². The second-order valence-electron chi connectivity index (χ2n) is 7.24. The number of anilines is 1. The van der Waals surface area contributed by atoms with Gasteiger partial charge in [-0.2, -0.15) is 0 Å². The van der Waals surface area contributed by atoms with Crippen molar-refractivity contribution in [3.05, 3.63) is 21.8 Å². The summed E-state index contributed by atoms with van der Waals surface area (Å²) >= 11 is 5.62. The van der Waals surface area contributed by atoms with Gasteiger partial charge >= 0.3 is 5.97 Å². The number of benzene rings is 1. The molecule has 0 bridgehead atoms. The van der Waals surface area contributed by atoms with Crippen LogP contribution in [-0.4, -0.2) is 103 Å². The highest BCUT2D eigenvalue weighted by Gasteiger charge is 2.30. The molecule has 0 aliphatic rings. The third-order valence-corrected chi connectivity index (χ3v) is 7.55. The molecule has 35 heavy (non-hydrogen) atoms. The van der Waals surface area contributed by atoms with Gasteiger partial charge < -0.3 is 40.3 Å². The summed E-state index contributed by atoms with van der Waals surface area (Å²) in [6.45, 7) is -0.315. The number of hydrogen-bond acceptors (Lipinski definition) is 9. The van der Waals surface area contributed by atoms with E-state index in [2.05, 4.69) is 10.6 Å². The summed E-state index contributed by atoms with van der Waals surface area (Å²) < 4.78 is 10.6. The number of aliphatic hydroxyl groups excluding tert-OH is 3. The fourth-order valence-corrected chi connectivity index (χ4v) is 7.07. The molecule has 3 amide bonds. The third-order valence-electron chi connectivity index (χ3n) is 4.32. The zero-order chi connectivity index (χ0) is 26.9. The highest BCUT2D eigenvalue weighted by molar-refractivity contribution is 14.1. The molecule has 0 aliphatic carbocycles. The minimum Gasteiger partial charge on any atom is -0.463 e. The lowest BCUT2D eigenvalue weighted by molar-refractivity contribution is -0.143. The minimum atomic E-state index is -1.16. The standard InChI is InChI=1S/C20H26I3N3O9/c1-9(28)35-7-10(29)4-24-19(32)13-15(21)14(20(33)26(2)5-11(30)6-27)17(23)18(16(13)22)25-12(31)8-34-3/h10-11,27,29-30H,4-8H2,1-3H3,(H,24,32)(H,25,31). The van der Waals surface area contributed by atoms with Crippen LogP contribution in [0.25, 0.3) is 0 Å². The van der Waals surface area contributed by atoms with Crippen molar-refractivity contribution in [1.82, 2.24) is 10.2 Å². The molecule has 2 atom stereocenters. The van der Waals surface area contributed by atoms with E-state index in [1.165, 1.54) is 26.0 Å². The van der Waals surface area contributed by atoms with E-state index in [1.807, 2.05) is 67.8 Å². The summed E-state index contributed by atoms with van der Waals surface area (Å²) in [6, 6.07) is 0. The van der Waals surface area contributed by atoms with Crippen molar-refractivity contribution in [3.63, 3.8) is 0 Å². The molecule has 196 valence electrons. The van der Waals surface area contributed by atoms with Crippen molar-refractivity contribution in [2.24, 2.45) is 0 Å². The molecule has 1 aromatic carbocycles. The Bertz CT molecular complexity index is 962. The summed E-state index contributed by atoms with van der Waals surface area (Å²) in [5, 5.41) is 34.0. The maximum Gasteiger partial charge on any atom is 0.302 e. The summed E-state index contributed by atoms with van der Waals surface area (Å²) in [6.07, 6.45) is -2.32. The molecular formula is C20H26I3N3O9. The first-order chi connectivity index (χ1) is 16.3. The van der Waals surface area contributed by atoms with Crippen molar-refractivity contribution in [3.8, 4) is 0 Å². The highest BCUT2D eigenvalue weighted by Crippen LogP contribution is 2.36. The Morgan fingerprint density at radius 3 is 2.17 bits per heavy atom. The van der Waals surface area contributed by atoms with Gasteiger partial charge in [-0.3, -0.25) is 19.2 Å². The Hall–Kier alpha value is -0.870. The van der Waals surface area contributed by atoms with E-state index in [0.29, 0.717) is 7.14 Å². The molecule has 0 radical (unpaired) electrons. The Morgan fingerprint density at radius 1 is 1.03 bits per heavy atom. The van der Waals surface area contributed by atoms with Crippen molar-refractivity contribution < 1.29 is 44.0 Å². The third kappa shape index (κ3) is 9.50. The molecule has 1 rings (SSSR count). The van der Waals surface area contributed by atoms with Crippen LogP contribution >= 0.6 is 67.8 Å². The van der Waals surface area contributed by atoms with Crippen molar-refractivity contribution in [2.75, 3.05) is 52.4 Å². The number of halogens is 3. The normalized spacial score (nSPS) is 12.5. The Labute approximate surface area is 242 Å². The van der Waals surface area contributed by atoms with Crippen LogP contribution in [0.15, 0.2) is 0 Å². The monoisotopic (exact) mass is 833 g/mol. The van der Waals surface area contributed by atoms with Gasteiger partial charge in [-0.15, -0.1) is 0 Å². The fraction of sp³-hybridized carbons (Fsp3) is 0.500. The van der Waals surface area contributed by atoms with E-state index in [1.54, 1.807) is 0 Å². The first kappa shape index (κ1) is 32.2. The molecule has 0 saturated carbocycles. The van der Waals surface area contributed by atoms with Crippen LogP contribution in [-0.2, 0) is 19.1 Å². The second kappa shape index (κ2) is 15.4. The number of methoxy groups -OCH3 is 1. The lowest BCUT2D eigenvalue weighted by Gasteiger charge is -2.24. The topological polar surface area (TPSA) is 175 Å².